The van der Waals surface area contributed by atoms with Crippen molar-refractivity contribution in [3.8, 4) is 5.75 Å². The molecule has 11 heteroatoms. The molecule has 0 saturated carbocycles. The van der Waals surface area contributed by atoms with Gasteiger partial charge in [-0.1, -0.05) is 6.07 Å². The van der Waals surface area contributed by atoms with Gasteiger partial charge in [-0.05, 0) is 30.7 Å². The van der Waals surface area contributed by atoms with Crippen LogP contribution >= 0.6 is 0 Å². The smallest absolute Gasteiger partial charge is 0.422 e. The molecule has 3 rings (SSSR count). The number of halogens is 3. The summed E-state index contributed by atoms with van der Waals surface area (Å²) in [6, 6.07) is 7.17. The van der Waals surface area contributed by atoms with Crippen LogP contribution in [0.1, 0.15) is 5.56 Å². The highest BCUT2D eigenvalue weighted by molar-refractivity contribution is 7.90. The predicted octanol–water partition coefficient (Wildman–Crippen LogP) is 3.13. The van der Waals surface area contributed by atoms with Crippen molar-refractivity contribution in [2.24, 2.45) is 0 Å². The van der Waals surface area contributed by atoms with Crippen molar-refractivity contribution in [2.75, 3.05) is 18.2 Å². The number of ether oxygens (including phenoxy) is 1. The Labute approximate surface area is 152 Å². The summed E-state index contributed by atoms with van der Waals surface area (Å²) in [5, 5.41) is 6.95. The van der Waals surface area contributed by atoms with Gasteiger partial charge in [-0.3, -0.25) is 0 Å². The summed E-state index contributed by atoms with van der Waals surface area (Å²) < 4.78 is 67.2. The second-order valence-electron chi connectivity index (χ2n) is 5.90. The van der Waals surface area contributed by atoms with E-state index in [1.165, 1.54) is 16.6 Å². The maximum atomic E-state index is 12.5. The normalized spacial score (nSPS) is 12.3. The average molecular weight is 400 g/mol. The lowest BCUT2D eigenvalue weighted by Gasteiger charge is -2.14. The Bertz CT molecular complexity index is 1090. The third-order valence-corrected chi connectivity index (χ3v) is 4.61. The van der Waals surface area contributed by atoms with E-state index in [0.717, 1.165) is 17.9 Å². The number of aromatic nitrogens is 3. The zero-order chi connectivity index (χ0) is 19.8. The van der Waals surface area contributed by atoms with E-state index in [2.05, 4.69) is 15.4 Å². The zero-order valence-electron chi connectivity index (χ0n) is 14.3. The topological polar surface area (TPSA) is 85.6 Å². The molecule has 0 aliphatic heterocycles. The van der Waals surface area contributed by atoms with Gasteiger partial charge in [-0.15, -0.1) is 5.10 Å². The van der Waals surface area contributed by atoms with E-state index in [0.29, 0.717) is 5.65 Å². The van der Waals surface area contributed by atoms with Crippen LogP contribution in [0.5, 0.6) is 5.75 Å². The molecule has 7 nitrogen and oxygen atoms in total. The van der Waals surface area contributed by atoms with Crippen LogP contribution in [-0.2, 0) is 9.84 Å². The molecule has 0 aliphatic rings. The fourth-order valence-corrected chi connectivity index (χ4v) is 2.91. The number of benzene rings is 1. The van der Waals surface area contributed by atoms with Crippen LogP contribution in [0.25, 0.3) is 5.65 Å². The number of hydrogen-bond acceptors (Lipinski definition) is 6. The van der Waals surface area contributed by atoms with Crippen molar-refractivity contribution in [2.45, 2.75) is 18.0 Å². The van der Waals surface area contributed by atoms with Crippen molar-refractivity contribution >= 4 is 27.1 Å². The van der Waals surface area contributed by atoms with E-state index in [-0.39, 0.29) is 22.3 Å². The molecule has 0 atom stereocenters. The molecule has 2 aromatic heterocycles. The number of nitrogens with zero attached hydrogens (tertiary/aromatic N) is 3. The van der Waals surface area contributed by atoms with E-state index in [4.69, 9.17) is 4.74 Å². The van der Waals surface area contributed by atoms with Gasteiger partial charge in [0.25, 0.3) is 0 Å². The lowest BCUT2D eigenvalue weighted by Crippen LogP contribution is -2.19. The maximum absolute atomic E-state index is 12.5. The van der Waals surface area contributed by atoms with Crippen LogP contribution in [0.2, 0.25) is 0 Å². The molecule has 0 radical (unpaired) electrons. The lowest BCUT2D eigenvalue weighted by atomic mass is 10.3. The Morgan fingerprint density at radius 1 is 1.22 bits per heavy atom. The first-order chi connectivity index (χ1) is 12.5. The molecule has 0 spiro atoms. The SMILES string of the molecule is Cc1ccc2nc(Nc3ccc(S(C)(=O)=O)cc3OCC(F)(F)F)nn2c1. The molecular formula is C16H15F3N4O3S. The lowest BCUT2D eigenvalue weighted by molar-refractivity contribution is -0.153. The van der Waals surface area contributed by atoms with Gasteiger partial charge in [-0.2, -0.15) is 18.2 Å². The minimum absolute atomic E-state index is 0.110. The van der Waals surface area contributed by atoms with Crippen molar-refractivity contribution < 1.29 is 26.3 Å². The summed E-state index contributed by atoms with van der Waals surface area (Å²) >= 11 is 0. The number of sulfone groups is 1. The number of alkyl halides is 3. The van der Waals surface area contributed by atoms with Crippen LogP contribution in [0.15, 0.2) is 41.4 Å². The van der Waals surface area contributed by atoms with Crippen LogP contribution in [0.3, 0.4) is 0 Å². The molecular weight excluding hydrogens is 385 g/mol. The van der Waals surface area contributed by atoms with Crippen LogP contribution in [0.4, 0.5) is 24.8 Å². The highest BCUT2D eigenvalue weighted by Crippen LogP contribution is 2.31. The molecule has 0 saturated heterocycles. The first-order valence-corrected chi connectivity index (χ1v) is 9.54. The Morgan fingerprint density at radius 3 is 2.63 bits per heavy atom. The van der Waals surface area contributed by atoms with Gasteiger partial charge in [0.2, 0.25) is 5.95 Å². The number of aryl methyl sites for hydroxylation is 1. The largest absolute Gasteiger partial charge is 0.482 e. The molecule has 0 aliphatic carbocycles. The van der Waals surface area contributed by atoms with Gasteiger partial charge in [0, 0.05) is 18.5 Å². The fourth-order valence-electron chi connectivity index (χ4n) is 2.27. The summed E-state index contributed by atoms with van der Waals surface area (Å²) in [5.74, 6) is -0.144. The van der Waals surface area contributed by atoms with E-state index in [1.807, 2.05) is 13.0 Å². The molecule has 3 aromatic rings. The molecule has 144 valence electrons. The van der Waals surface area contributed by atoms with Crippen molar-refractivity contribution in [3.05, 3.63) is 42.1 Å². The van der Waals surface area contributed by atoms with Crippen molar-refractivity contribution in [1.82, 2.24) is 14.6 Å². The van der Waals surface area contributed by atoms with Gasteiger partial charge in [-0.25, -0.2) is 12.9 Å². The summed E-state index contributed by atoms with van der Waals surface area (Å²) in [7, 11) is -3.62. The fraction of sp³-hybridized carbons (Fsp3) is 0.250. The van der Waals surface area contributed by atoms with Crippen molar-refractivity contribution in [1.29, 1.82) is 0 Å². The van der Waals surface area contributed by atoms with Gasteiger partial charge in [0.1, 0.15) is 5.75 Å². The van der Waals surface area contributed by atoms with Gasteiger partial charge < -0.3 is 10.1 Å². The Morgan fingerprint density at radius 2 is 1.96 bits per heavy atom. The molecule has 0 unspecified atom stereocenters. The van der Waals surface area contributed by atoms with Gasteiger partial charge in [0.15, 0.2) is 22.1 Å². The second kappa shape index (κ2) is 6.72. The summed E-state index contributed by atoms with van der Waals surface area (Å²) in [6.45, 7) is 0.313. The summed E-state index contributed by atoms with van der Waals surface area (Å²) in [6.07, 6.45) is -1.88. The van der Waals surface area contributed by atoms with E-state index >= 15 is 0 Å². The third-order valence-electron chi connectivity index (χ3n) is 3.50. The highest BCUT2D eigenvalue weighted by Gasteiger charge is 2.29. The van der Waals surface area contributed by atoms with E-state index < -0.39 is 22.6 Å². The zero-order valence-corrected chi connectivity index (χ0v) is 15.1. The minimum atomic E-state index is -4.57. The number of nitrogens with one attached hydrogen (secondary N) is 1. The molecule has 0 bridgehead atoms. The third kappa shape index (κ3) is 4.67. The molecule has 1 aromatic carbocycles. The maximum Gasteiger partial charge on any atom is 0.422 e. The number of pyridine rings is 1. The summed E-state index contributed by atoms with van der Waals surface area (Å²) in [5.41, 5.74) is 1.60. The van der Waals surface area contributed by atoms with E-state index in [9.17, 15) is 21.6 Å². The molecule has 0 amide bonds. The molecule has 1 N–H and O–H groups in total. The second-order valence-corrected chi connectivity index (χ2v) is 7.92. The highest BCUT2D eigenvalue weighted by atomic mass is 32.2. The molecule has 27 heavy (non-hydrogen) atoms. The Kier molecular flexibility index (Phi) is 4.72. The first-order valence-electron chi connectivity index (χ1n) is 7.65. The van der Waals surface area contributed by atoms with Crippen LogP contribution < -0.4 is 10.1 Å². The molecule has 2 heterocycles. The number of anilines is 2. The Hall–Kier alpha value is -2.82. The van der Waals surface area contributed by atoms with E-state index in [1.54, 1.807) is 12.3 Å². The number of hydrogen-bond donors (Lipinski definition) is 1. The quantitative estimate of drug-likeness (QED) is 0.708. The van der Waals surface area contributed by atoms with Crippen molar-refractivity contribution in [3.63, 3.8) is 0 Å². The standard InChI is InChI=1S/C16H15F3N4O3S/c1-10-3-6-14-21-15(22-23(14)8-10)20-12-5-4-11(27(2,24)25)7-13(12)26-9-16(17,18)19/h3-8H,9H2,1-2H3,(H,20,22). The average Bonchev–Trinajstić information content (AvgIpc) is 2.93. The monoisotopic (exact) mass is 400 g/mol. The number of rotatable bonds is 5. The van der Waals surface area contributed by atoms with Gasteiger partial charge >= 0.3 is 6.18 Å². The van der Waals surface area contributed by atoms with Gasteiger partial charge in [0.05, 0.1) is 10.6 Å². The number of fused-ring (bicyclic) bond motifs is 1. The Balaban J connectivity index is 1.96. The van der Waals surface area contributed by atoms with Crippen LogP contribution in [-0.4, -0.2) is 42.1 Å². The summed E-state index contributed by atoms with van der Waals surface area (Å²) in [4.78, 5) is 4.05. The first kappa shape index (κ1) is 19.0. The molecule has 0 fully saturated rings. The minimum Gasteiger partial charge on any atom is -0.482 e. The predicted molar refractivity (Wildman–Crippen MR) is 92.1 cm³/mol. The van der Waals surface area contributed by atoms with Crippen LogP contribution in [0, 0.1) is 6.92 Å².